The van der Waals surface area contributed by atoms with Gasteiger partial charge in [0.2, 0.25) is 0 Å². The second-order valence-electron chi connectivity index (χ2n) is 8.98. The van der Waals surface area contributed by atoms with Gasteiger partial charge in [0.15, 0.2) is 12.6 Å². The Morgan fingerprint density at radius 3 is 1.82 bits per heavy atom. The highest BCUT2D eigenvalue weighted by atomic mass is 16.7. The van der Waals surface area contributed by atoms with Crippen LogP contribution in [0.4, 0.5) is 0 Å². The second-order valence-corrected chi connectivity index (χ2v) is 8.98. The van der Waals surface area contributed by atoms with E-state index in [2.05, 4.69) is 0 Å². The summed E-state index contributed by atoms with van der Waals surface area (Å²) < 4.78 is 27.3. The van der Waals surface area contributed by atoms with Crippen molar-refractivity contribution in [2.45, 2.75) is 87.5 Å². The van der Waals surface area contributed by atoms with Crippen LogP contribution in [0.1, 0.15) is 13.8 Å². The molecule has 14 atom stereocenters. The van der Waals surface area contributed by atoms with Crippen LogP contribution >= 0.6 is 0 Å². The zero-order chi connectivity index (χ0) is 24.4. The first-order valence-electron chi connectivity index (χ1n) is 11.1. The molecular weight excluding hydrogens is 448 g/mol. The van der Waals surface area contributed by atoms with Gasteiger partial charge in [-0.25, -0.2) is 0 Å². The minimum Gasteiger partial charge on any atom is -0.394 e. The van der Waals surface area contributed by atoms with E-state index >= 15 is 0 Å². The quantitative estimate of drug-likeness (QED) is 0.172. The van der Waals surface area contributed by atoms with Crippen LogP contribution in [0.2, 0.25) is 0 Å². The zero-order valence-electron chi connectivity index (χ0n) is 18.5. The lowest BCUT2D eigenvalue weighted by molar-refractivity contribution is -0.318. The highest BCUT2D eigenvalue weighted by molar-refractivity contribution is 4.91. The molecule has 0 radical (unpaired) electrons. The summed E-state index contributed by atoms with van der Waals surface area (Å²) >= 11 is 0. The van der Waals surface area contributed by atoms with Crippen molar-refractivity contribution in [3.8, 4) is 0 Å². The molecule has 194 valence electrons. The van der Waals surface area contributed by atoms with Gasteiger partial charge in [0.05, 0.1) is 56.9 Å². The fourth-order valence-corrected chi connectivity index (χ4v) is 4.34. The molecule has 0 aromatic heterocycles. The van der Waals surface area contributed by atoms with Crippen LogP contribution in [0, 0.1) is 11.8 Å². The van der Waals surface area contributed by atoms with E-state index in [0.717, 1.165) is 0 Å². The van der Waals surface area contributed by atoms with Crippen LogP contribution in [0.15, 0.2) is 0 Å². The molecule has 0 saturated carbocycles. The predicted molar refractivity (Wildman–Crippen MR) is 106 cm³/mol. The van der Waals surface area contributed by atoms with Crippen molar-refractivity contribution in [3.05, 3.63) is 0 Å². The van der Waals surface area contributed by atoms with Crippen molar-refractivity contribution < 1.29 is 64.5 Å². The molecule has 33 heavy (non-hydrogen) atoms. The molecule has 3 heterocycles. The number of rotatable bonds is 7. The van der Waals surface area contributed by atoms with Crippen molar-refractivity contribution in [1.82, 2.24) is 0 Å². The van der Waals surface area contributed by atoms with Gasteiger partial charge in [0.25, 0.3) is 0 Å². The summed E-state index contributed by atoms with van der Waals surface area (Å²) in [7, 11) is 0. The fraction of sp³-hybridized carbons (Fsp3) is 1.00. The Hall–Kier alpha value is -0.520. The topological polar surface area (TPSA) is 208 Å². The summed E-state index contributed by atoms with van der Waals surface area (Å²) in [4.78, 5) is 0. The summed E-state index contributed by atoms with van der Waals surface area (Å²) in [5.41, 5.74) is 0. The van der Waals surface area contributed by atoms with E-state index in [1.54, 1.807) is 6.92 Å². The van der Waals surface area contributed by atoms with Crippen LogP contribution in [-0.2, 0) is 23.7 Å². The summed E-state index contributed by atoms with van der Waals surface area (Å²) in [6.07, 6.45) is -14.2. The Labute approximate surface area is 191 Å². The molecule has 3 aliphatic rings. The third-order valence-electron chi connectivity index (χ3n) is 6.71. The van der Waals surface area contributed by atoms with E-state index in [9.17, 15) is 40.9 Å². The number of hydrogen-bond donors (Lipinski definition) is 8. The van der Waals surface area contributed by atoms with Gasteiger partial charge in [0.1, 0.15) is 30.5 Å². The van der Waals surface area contributed by atoms with E-state index < -0.39 is 92.1 Å². The lowest BCUT2D eigenvalue weighted by atomic mass is 9.89. The highest BCUT2D eigenvalue weighted by Crippen LogP contribution is 2.30. The van der Waals surface area contributed by atoms with E-state index in [1.807, 2.05) is 0 Å². The molecule has 0 bridgehead atoms. The number of aliphatic hydroxyl groups is 8. The third-order valence-corrected chi connectivity index (χ3v) is 6.71. The maximum Gasteiger partial charge on any atom is 0.186 e. The molecule has 3 fully saturated rings. The lowest BCUT2D eigenvalue weighted by Crippen LogP contribution is -2.59. The molecule has 8 N–H and O–H groups in total. The van der Waals surface area contributed by atoms with E-state index in [0.29, 0.717) is 0 Å². The minimum atomic E-state index is -1.51. The van der Waals surface area contributed by atoms with Gasteiger partial charge in [-0.3, -0.25) is 0 Å². The summed E-state index contributed by atoms with van der Waals surface area (Å²) in [6.45, 7) is 2.20. The van der Waals surface area contributed by atoms with Gasteiger partial charge in [-0.1, -0.05) is 0 Å². The molecule has 0 aromatic rings. The van der Waals surface area contributed by atoms with E-state index in [4.69, 9.17) is 23.7 Å². The lowest BCUT2D eigenvalue weighted by Gasteiger charge is -2.44. The van der Waals surface area contributed by atoms with Crippen LogP contribution in [-0.4, -0.2) is 141 Å². The first kappa shape index (κ1) is 27.1. The maximum absolute atomic E-state index is 10.6. The monoisotopic (exact) mass is 484 g/mol. The van der Waals surface area contributed by atoms with E-state index in [-0.39, 0.29) is 19.8 Å². The first-order valence-corrected chi connectivity index (χ1v) is 11.1. The van der Waals surface area contributed by atoms with Crippen molar-refractivity contribution in [3.63, 3.8) is 0 Å². The molecule has 3 saturated heterocycles. The van der Waals surface area contributed by atoms with E-state index in [1.165, 1.54) is 6.92 Å². The average molecular weight is 484 g/mol. The molecule has 3 aliphatic heterocycles. The number of aliphatic hydroxyl groups excluding tert-OH is 8. The highest BCUT2D eigenvalue weighted by Gasteiger charge is 2.47. The largest absolute Gasteiger partial charge is 0.394 e. The van der Waals surface area contributed by atoms with Crippen molar-refractivity contribution in [2.75, 3.05) is 26.4 Å². The molecule has 0 amide bonds. The van der Waals surface area contributed by atoms with Gasteiger partial charge >= 0.3 is 0 Å². The van der Waals surface area contributed by atoms with Crippen molar-refractivity contribution in [2.24, 2.45) is 11.8 Å². The molecule has 0 spiro atoms. The SMILES string of the molecule is CC1O[C@@H](OC[C@H]2C(C)O[C@@H](OCC3C(O)COC(CO)[C@@H]3O)C(O)C2O)C(O)C(O)[C@H]1O. The first-order chi connectivity index (χ1) is 15.6. The van der Waals surface area contributed by atoms with Gasteiger partial charge < -0.3 is 64.5 Å². The van der Waals surface area contributed by atoms with Crippen LogP contribution in [0.25, 0.3) is 0 Å². The standard InChI is InChI=1S/C20H36O13/c1-7-9(4-30-20-18(28)16(26)13(23)8(2)33-20)15(25)17(27)19(32-7)31-5-10-11(22)6-29-12(3-21)14(10)24/h7-28H,3-6H2,1-2H3/t7?,8?,9-,10?,11?,12?,13-,14+,15?,16?,17?,18?,19+,20+/m0/s1. The Kier molecular flexibility index (Phi) is 9.42. The maximum atomic E-state index is 10.6. The summed E-state index contributed by atoms with van der Waals surface area (Å²) in [6, 6.07) is 0. The fourth-order valence-electron chi connectivity index (χ4n) is 4.34. The number of ether oxygens (including phenoxy) is 5. The predicted octanol–water partition coefficient (Wildman–Crippen LogP) is -4.34. The van der Waals surface area contributed by atoms with Crippen LogP contribution in [0.5, 0.6) is 0 Å². The van der Waals surface area contributed by atoms with Crippen LogP contribution < -0.4 is 0 Å². The summed E-state index contributed by atoms with van der Waals surface area (Å²) in [5, 5.41) is 80.4. The Morgan fingerprint density at radius 2 is 1.21 bits per heavy atom. The Bertz CT molecular complexity index is 611. The van der Waals surface area contributed by atoms with Gasteiger partial charge in [-0.15, -0.1) is 0 Å². The Morgan fingerprint density at radius 1 is 0.667 bits per heavy atom. The summed E-state index contributed by atoms with van der Waals surface area (Å²) in [5.74, 6) is -1.54. The van der Waals surface area contributed by atoms with Crippen LogP contribution in [0.3, 0.4) is 0 Å². The Balaban J connectivity index is 1.53. The van der Waals surface area contributed by atoms with Gasteiger partial charge in [-0.05, 0) is 13.8 Å². The normalized spacial score (nSPS) is 51.5. The molecule has 13 nitrogen and oxygen atoms in total. The number of hydrogen-bond acceptors (Lipinski definition) is 13. The zero-order valence-corrected chi connectivity index (χ0v) is 18.5. The minimum absolute atomic E-state index is 0.0950. The molecular formula is C20H36O13. The van der Waals surface area contributed by atoms with Crippen molar-refractivity contribution >= 4 is 0 Å². The van der Waals surface area contributed by atoms with Gasteiger partial charge in [-0.2, -0.15) is 0 Å². The molecule has 3 rings (SSSR count). The smallest absolute Gasteiger partial charge is 0.186 e. The molecule has 13 heteroatoms. The molecule has 9 unspecified atom stereocenters. The van der Waals surface area contributed by atoms with Gasteiger partial charge in [0, 0.05) is 11.8 Å². The van der Waals surface area contributed by atoms with Crippen molar-refractivity contribution in [1.29, 1.82) is 0 Å². The third kappa shape index (κ3) is 5.83. The molecule has 0 aliphatic carbocycles. The second kappa shape index (κ2) is 11.5. The average Bonchev–Trinajstić information content (AvgIpc) is 2.78. The molecule has 0 aromatic carbocycles.